The van der Waals surface area contributed by atoms with Crippen LogP contribution in [0.4, 0.5) is 10.1 Å². The largest absolute Gasteiger partial charge is 0.481 e. The summed E-state index contributed by atoms with van der Waals surface area (Å²) in [6, 6.07) is 12.4. The summed E-state index contributed by atoms with van der Waals surface area (Å²) in [6.07, 6.45) is 4.34. The molecule has 2 aromatic heterocycles. The van der Waals surface area contributed by atoms with Gasteiger partial charge in [0.05, 0.1) is 18.3 Å². The third-order valence-corrected chi connectivity index (χ3v) is 9.85. The first-order chi connectivity index (χ1) is 22.5. The number of anilines is 1. The van der Waals surface area contributed by atoms with Crippen molar-refractivity contribution < 1.29 is 18.7 Å². The Hall–Kier alpha value is -5.10. The second-order valence-electron chi connectivity index (χ2n) is 12.8. The fraction of sp³-hybridized carbons (Fsp3) is 0.343. The molecule has 2 aromatic carbocycles. The molecule has 4 aromatic rings. The van der Waals surface area contributed by atoms with Crippen LogP contribution in [-0.2, 0) is 25.3 Å². The molecule has 0 radical (unpaired) electrons. The standard InChI is InChI=1S/C35H35FN6O5/c1-19-21(7-6-10-25(19)37-31(44)24-16-40(2)34(46)41(3)33(24)45)22-8-5-9-23(30(22)36)26-15-20-11-12-27(29(20)32(38-26)47-4)42-17-35(18-42)14-13-28(43)39-35/h5-10,15-16,27H,11-14,17-18H2,1-4H3,(H,37,44)(H,39,43)/t27-/m0/s1. The number of nitrogens with one attached hydrogen (secondary N) is 2. The third kappa shape index (κ3) is 5.03. The van der Waals surface area contributed by atoms with Crippen LogP contribution in [0.2, 0.25) is 0 Å². The average molecular weight is 639 g/mol. The minimum Gasteiger partial charge on any atom is -0.481 e. The predicted molar refractivity (Wildman–Crippen MR) is 174 cm³/mol. The number of aryl methyl sites for hydroxylation is 2. The van der Waals surface area contributed by atoms with E-state index in [0.717, 1.165) is 48.0 Å². The van der Waals surface area contributed by atoms with E-state index in [0.29, 0.717) is 45.9 Å². The first kappa shape index (κ1) is 30.5. The Labute approximate surface area is 270 Å². The summed E-state index contributed by atoms with van der Waals surface area (Å²) in [5.41, 5.74) is 3.23. The van der Waals surface area contributed by atoms with Crippen LogP contribution < -0.4 is 26.6 Å². The van der Waals surface area contributed by atoms with Gasteiger partial charge in [-0.25, -0.2) is 14.2 Å². The molecule has 2 amide bonds. The Morgan fingerprint density at radius 1 is 1.06 bits per heavy atom. The molecule has 2 fully saturated rings. The minimum absolute atomic E-state index is 0.115. The van der Waals surface area contributed by atoms with E-state index in [9.17, 15) is 19.2 Å². The minimum atomic E-state index is -0.710. The highest BCUT2D eigenvalue weighted by molar-refractivity contribution is 6.04. The van der Waals surface area contributed by atoms with Gasteiger partial charge < -0.3 is 19.9 Å². The summed E-state index contributed by atoms with van der Waals surface area (Å²) in [6.45, 7) is 3.36. The maximum absolute atomic E-state index is 16.4. The van der Waals surface area contributed by atoms with Crippen molar-refractivity contribution in [2.24, 2.45) is 14.1 Å². The fourth-order valence-electron chi connectivity index (χ4n) is 7.36. The molecule has 47 heavy (non-hydrogen) atoms. The molecule has 1 atom stereocenters. The number of halogens is 1. The maximum Gasteiger partial charge on any atom is 0.330 e. The quantitative estimate of drug-likeness (QED) is 0.331. The van der Waals surface area contributed by atoms with Crippen molar-refractivity contribution in [1.29, 1.82) is 0 Å². The van der Waals surface area contributed by atoms with E-state index in [4.69, 9.17) is 9.72 Å². The van der Waals surface area contributed by atoms with Gasteiger partial charge >= 0.3 is 5.69 Å². The van der Waals surface area contributed by atoms with E-state index in [1.807, 2.05) is 6.07 Å². The van der Waals surface area contributed by atoms with Gasteiger partial charge in [-0.3, -0.25) is 23.9 Å². The smallest absolute Gasteiger partial charge is 0.330 e. The molecular weight excluding hydrogens is 603 g/mol. The molecule has 242 valence electrons. The number of amides is 2. The summed E-state index contributed by atoms with van der Waals surface area (Å²) in [5.74, 6) is -0.544. The fourth-order valence-corrected chi connectivity index (χ4v) is 7.36. The molecule has 0 unspecified atom stereocenters. The van der Waals surface area contributed by atoms with Gasteiger partial charge in [0.1, 0.15) is 11.4 Å². The highest BCUT2D eigenvalue weighted by atomic mass is 19.1. The SMILES string of the molecule is COc1nc(-c2cccc(-c3cccc(NC(=O)c4cn(C)c(=O)n(C)c4=O)c3C)c2F)cc2c1[C@@H](N1CC3(CCC(=O)N3)C1)CC2. The van der Waals surface area contributed by atoms with Gasteiger partial charge in [-0.05, 0) is 61.1 Å². The molecule has 1 spiro atoms. The summed E-state index contributed by atoms with van der Waals surface area (Å²) < 4.78 is 24.3. The number of carbonyl (C=O) groups is 2. The van der Waals surface area contributed by atoms with Crippen LogP contribution in [0.3, 0.4) is 0 Å². The Kier molecular flexibility index (Phi) is 7.35. The number of hydrogen-bond donors (Lipinski definition) is 2. The van der Waals surface area contributed by atoms with Gasteiger partial charge in [-0.15, -0.1) is 0 Å². The van der Waals surface area contributed by atoms with E-state index in [-0.39, 0.29) is 23.1 Å². The predicted octanol–water partition coefficient (Wildman–Crippen LogP) is 3.47. The normalized spacial score (nSPS) is 18.1. The Morgan fingerprint density at radius 2 is 1.79 bits per heavy atom. The number of rotatable bonds is 6. The molecule has 0 bridgehead atoms. The van der Waals surface area contributed by atoms with E-state index >= 15 is 4.39 Å². The molecule has 2 saturated heterocycles. The number of benzene rings is 2. The van der Waals surface area contributed by atoms with Crippen molar-refractivity contribution in [3.63, 3.8) is 0 Å². The average Bonchev–Trinajstić information content (AvgIpc) is 3.65. The number of hydrogen-bond acceptors (Lipinski definition) is 7. The van der Waals surface area contributed by atoms with Gasteiger partial charge in [-0.1, -0.05) is 24.3 Å². The molecule has 3 aliphatic rings. The van der Waals surface area contributed by atoms with Crippen LogP contribution in [0.1, 0.15) is 52.4 Å². The summed E-state index contributed by atoms with van der Waals surface area (Å²) in [7, 11) is 4.35. The summed E-state index contributed by atoms with van der Waals surface area (Å²) in [4.78, 5) is 56.8. The number of carbonyl (C=O) groups excluding carboxylic acids is 2. The van der Waals surface area contributed by atoms with Crippen LogP contribution >= 0.6 is 0 Å². The van der Waals surface area contributed by atoms with E-state index < -0.39 is 23.0 Å². The van der Waals surface area contributed by atoms with Crippen molar-refractivity contribution in [1.82, 2.24) is 24.3 Å². The van der Waals surface area contributed by atoms with Gasteiger partial charge in [0, 0.05) is 68.2 Å². The van der Waals surface area contributed by atoms with Crippen molar-refractivity contribution in [3.05, 3.63) is 97.6 Å². The molecule has 0 saturated carbocycles. The van der Waals surface area contributed by atoms with Crippen LogP contribution in [0.5, 0.6) is 5.88 Å². The van der Waals surface area contributed by atoms with Crippen molar-refractivity contribution in [3.8, 4) is 28.3 Å². The first-order valence-electron chi connectivity index (χ1n) is 15.6. The second kappa shape index (κ2) is 11.3. The number of pyridine rings is 1. The van der Waals surface area contributed by atoms with Gasteiger partial charge in [0.2, 0.25) is 11.8 Å². The summed E-state index contributed by atoms with van der Waals surface area (Å²) in [5, 5.41) is 5.90. The van der Waals surface area contributed by atoms with E-state index in [2.05, 4.69) is 15.5 Å². The number of methoxy groups -OCH3 is 1. The lowest BCUT2D eigenvalue weighted by Crippen LogP contribution is -2.67. The van der Waals surface area contributed by atoms with Crippen LogP contribution in [-0.4, -0.2) is 56.6 Å². The number of ether oxygens (including phenoxy) is 1. The monoisotopic (exact) mass is 638 g/mol. The molecule has 2 aliphatic heterocycles. The van der Waals surface area contributed by atoms with E-state index in [1.165, 1.54) is 24.9 Å². The highest BCUT2D eigenvalue weighted by Gasteiger charge is 2.51. The van der Waals surface area contributed by atoms with Crippen molar-refractivity contribution in [2.45, 2.75) is 44.2 Å². The Bertz CT molecular complexity index is 2100. The van der Waals surface area contributed by atoms with Crippen LogP contribution in [0, 0.1) is 12.7 Å². The number of aromatic nitrogens is 3. The van der Waals surface area contributed by atoms with Crippen LogP contribution in [0.15, 0.2) is 58.3 Å². The number of fused-ring (bicyclic) bond motifs is 1. The van der Waals surface area contributed by atoms with E-state index in [1.54, 1.807) is 50.4 Å². The molecule has 2 N–H and O–H groups in total. The summed E-state index contributed by atoms with van der Waals surface area (Å²) >= 11 is 0. The molecule has 1 aliphatic carbocycles. The Morgan fingerprint density at radius 3 is 2.51 bits per heavy atom. The molecule has 7 rings (SSSR count). The van der Waals surface area contributed by atoms with Gasteiger partial charge in [-0.2, -0.15) is 0 Å². The first-order valence-corrected chi connectivity index (χ1v) is 15.6. The van der Waals surface area contributed by atoms with Gasteiger partial charge in [0.15, 0.2) is 0 Å². The zero-order valence-corrected chi connectivity index (χ0v) is 26.6. The molecule has 4 heterocycles. The zero-order chi connectivity index (χ0) is 33.2. The molecule has 12 heteroatoms. The maximum atomic E-state index is 16.4. The molecular formula is C35H35FN6O5. The Balaban J connectivity index is 1.18. The highest BCUT2D eigenvalue weighted by Crippen LogP contribution is 2.47. The van der Waals surface area contributed by atoms with Crippen molar-refractivity contribution >= 4 is 17.5 Å². The number of nitrogens with zero attached hydrogens (tertiary/aromatic N) is 4. The third-order valence-electron chi connectivity index (χ3n) is 9.85. The molecule has 11 nitrogen and oxygen atoms in total. The topological polar surface area (TPSA) is 128 Å². The number of likely N-dealkylation sites (tertiary alicyclic amines) is 1. The van der Waals surface area contributed by atoms with Crippen LogP contribution in [0.25, 0.3) is 22.4 Å². The zero-order valence-electron chi connectivity index (χ0n) is 26.6. The van der Waals surface area contributed by atoms with Crippen molar-refractivity contribution in [2.75, 3.05) is 25.5 Å². The lowest BCUT2D eigenvalue weighted by atomic mass is 9.86. The lowest BCUT2D eigenvalue weighted by Gasteiger charge is -2.50. The second-order valence-corrected chi connectivity index (χ2v) is 12.8. The lowest BCUT2D eigenvalue weighted by molar-refractivity contribution is -0.121. The van der Waals surface area contributed by atoms with Gasteiger partial charge in [0.25, 0.3) is 11.5 Å².